The Balaban J connectivity index is 1.80. The lowest BCUT2D eigenvalue weighted by molar-refractivity contribution is 0.911. The van der Waals surface area contributed by atoms with Gasteiger partial charge in [-0.05, 0) is 5.56 Å². The average molecular weight is 237 g/mol. The fourth-order valence-corrected chi connectivity index (χ4v) is 1.71. The highest BCUT2D eigenvalue weighted by atomic mass is 15.1. The maximum Gasteiger partial charge on any atom is 0.190 e. The highest BCUT2D eigenvalue weighted by Gasteiger charge is 2.12. The fourth-order valence-electron chi connectivity index (χ4n) is 1.71. The third kappa shape index (κ3) is 2.07. The van der Waals surface area contributed by atoms with Crippen molar-refractivity contribution in [3.63, 3.8) is 0 Å². The Morgan fingerprint density at radius 3 is 3.00 bits per heavy atom. The van der Waals surface area contributed by atoms with Crippen LogP contribution >= 0.6 is 0 Å². The fraction of sp³-hybridized carbons (Fsp3) is 0.0769. The maximum absolute atomic E-state index is 4.26. The average Bonchev–Trinajstić information content (AvgIpc) is 2.80. The number of aromatic nitrogens is 2. The van der Waals surface area contributed by atoms with Gasteiger partial charge in [0.05, 0.1) is 12.5 Å². The number of hydrogen-bond acceptors (Lipinski definition) is 4. The minimum Gasteiger partial charge on any atom is -0.364 e. The molecule has 2 heterocycles. The largest absolute Gasteiger partial charge is 0.364 e. The van der Waals surface area contributed by atoms with Crippen molar-refractivity contribution in [1.82, 2.24) is 15.3 Å². The van der Waals surface area contributed by atoms with Gasteiger partial charge in [-0.3, -0.25) is 0 Å². The minimum atomic E-state index is 0.600. The van der Waals surface area contributed by atoms with Crippen molar-refractivity contribution < 1.29 is 0 Å². The Morgan fingerprint density at radius 1 is 1.22 bits per heavy atom. The lowest BCUT2D eigenvalue weighted by Gasteiger charge is -2.07. The van der Waals surface area contributed by atoms with E-state index in [9.17, 15) is 0 Å². The number of nitrogens with one attached hydrogen (secondary N) is 2. The molecule has 1 aromatic heterocycles. The van der Waals surface area contributed by atoms with E-state index < -0.39 is 0 Å². The number of amidine groups is 1. The molecule has 0 radical (unpaired) electrons. The van der Waals surface area contributed by atoms with Gasteiger partial charge in [0, 0.05) is 12.4 Å². The zero-order valence-electron chi connectivity index (χ0n) is 9.59. The quantitative estimate of drug-likeness (QED) is 0.836. The molecule has 0 amide bonds. The molecule has 2 N–H and O–H groups in total. The molecule has 88 valence electrons. The highest BCUT2D eigenvalue weighted by Crippen LogP contribution is 2.14. The van der Waals surface area contributed by atoms with E-state index in [1.54, 1.807) is 6.33 Å². The Morgan fingerprint density at radius 2 is 2.11 bits per heavy atom. The van der Waals surface area contributed by atoms with Gasteiger partial charge in [-0.1, -0.05) is 30.3 Å². The van der Waals surface area contributed by atoms with E-state index in [2.05, 4.69) is 43.3 Å². The van der Waals surface area contributed by atoms with Crippen molar-refractivity contribution in [2.24, 2.45) is 9.98 Å². The van der Waals surface area contributed by atoms with Gasteiger partial charge in [0.2, 0.25) is 0 Å². The van der Waals surface area contributed by atoms with Crippen molar-refractivity contribution in [2.45, 2.75) is 6.54 Å². The van der Waals surface area contributed by atoms with Gasteiger partial charge in [-0.25, -0.2) is 9.98 Å². The molecule has 18 heavy (non-hydrogen) atoms. The van der Waals surface area contributed by atoms with Gasteiger partial charge in [-0.2, -0.15) is 4.99 Å². The van der Waals surface area contributed by atoms with Gasteiger partial charge in [0.1, 0.15) is 5.69 Å². The Labute approximate surface area is 104 Å². The Hall–Kier alpha value is -2.65. The summed E-state index contributed by atoms with van der Waals surface area (Å²) in [4.78, 5) is 15.4. The van der Waals surface area contributed by atoms with Crippen LogP contribution in [0, 0.1) is 0 Å². The van der Waals surface area contributed by atoms with Crippen LogP contribution in [0.4, 0.5) is 5.82 Å². The molecule has 0 atom stereocenters. The topological polar surface area (TPSA) is 65.4 Å². The molecular weight excluding hydrogens is 226 g/mol. The zero-order chi connectivity index (χ0) is 12.2. The summed E-state index contributed by atoms with van der Waals surface area (Å²) in [5.74, 6) is 4.03. The standard InChI is InChI=1S/C13H11N5/c1-2-4-10(5-3-1)8-16-12-11-13(18-9-17-11)15-7-6-14-12/h1-6,9H,8H2,(H,14,16)(H,17,18). The second-order valence-electron chi connectivity index (χ2n) is 3.79. The number of rotatable bonds is 2. The summed E-state index contributed by atoms with van der Waals surface area (Å²) >= 11 is 0. The predicted octanol–water partition coefficient (Wildman–Crippen LogP) is 1.77. The molecular formula is C13H11N5. The molecule has 0 saturated carbocycles. The summed E-state index contributed by atoms with van der Waals surface area (Å²) in [6.07, 6.45) is 3.13. The molecule has 5 heteroatoms. The number of aliphatic imine (C=N–C) groups is 2. The van der Waals surface area contributed by atoms with Gasteiger partial charge in [0.25, 0.3) is 0 Å². The molecule has 0 saturated heterocycles. The first kappa shape index (κ1) is 10.5. The second kappa shape index (κ2) is 4.69. The summed E-state index contributed by atoms with van der Waals surface area (Å²) in [5.41, 5.74) is 1.97. The molecule has 3 rings (SSSR count). The summed E-state index contributed by atoms with van der Waals surface area (Å²) in [7, 11) is 0. The second-order valence-corrected chi connectivity index (χ2v) is 3.79. The first-order valence-electron chi connectivity index (χ1n) is 5.61. The van der Waals surface area contributed by atoms with Crippen molar-refractivity contribution in [2.75, 3.05) is 0 Å². The van der Waals surface area contributed by atoms with Gasteiger partial charge >= 0.3 is 0 Å². The predicted molar refractivity (Wildman–Crippen MR) is 70.1 cm³/mol. The first-order valence-corrected chi connectivity index (χ1v) is 5.61. The van der Waals surface area contributed by atoms with Crippen LogP contribution in [0.5, 0.6) is 0 Å². The first-order chi connectivity index (χ1) is 8.93. The van der Waals surface area contributed by atoms with Crippen LogP contribution in [0.1, 0.15) is 11.3 Å². The van der Waals surface area contributed by atoms with Crippen LogP contribution < -0.4 is 5.32 Å². The van der Waals surface area contributed by atoms with Gasteiger partial charge < -0.3 is 10.3 Å². The van der Waals surface area contributed by atoms with E-state index in [0.29, 0.717) is 12.4 Å². The number of fused-ring (bicyclic) bond motifs is 1. The molecule has 2 aromatic rings. The molecule has 0 aliphatic carbocycles. The van der Waals surface area contributed by atoms with Crippen LogP contribution in [-0.4, -0.2) is 21.7 Å². The third-order valence-electron chi connectivity index (χ3n) is 2.58. The molecule has 0 fully saturated rings. The molecule has 5 nitrogen and oxygen atoms in total. The van der Waals surface area contributed by atoms with Crippen molar-refractivity contribution in [3.8, 4) is 0 Å². The Kier molecular flexibility index (Phi) is 2.74. The smallest absolute Gasteiger partial charge is 0.190 e. The minimum absolute atomic E-state index is 0.600. The van der Waals surface area contributed by atoms with Crippen molar-refractivity contribution in [1.29, 1.82) is 0 Å². The van der Waals surface area contributed by atoms with E-state index in [1.807, 2.05) is 18.2 Å². The summed E-state index contributed by atoms with van der Waals surface area (Å²) < 4.78 is 0. The van der Waals surface area contributed by atoms with Gasteiger partial charge in [0.15, 0.2) is 11.7 Å². The molecule has 1 aliphatic heterocycles. The van der Waals surface area contributed by atoms with E-state index in [-0.39, 0.29) is 0 Å². The summed E-state index contributed by atoms with van der Waals surface area (Å²) in [6, 6.07) is 10.1. The number of benzene rings is 1. The summed E-state index contributed by atoms with van der Waals surface area (Å²) in [6.45, 7) is 0.700. The molecule has 1 aromatic carbocycles. The van der Waals surface area contributed by atoms with Crippen LogP contribution in [0.25, 0.3) is 0 Å². The van der Waals surface area contributed by atoms with Crippen LogP contribution in [0.3, 0.4) is 0 Å². The van der Waals surface area contributed by atoms with E-state index in [4.69, 9.17) is 0 Å². The third-order valence-corrected chi connectivity index (χ3v) is 2.58. The molecule has 1 aliphatic rings. The maximum atomic E-state index is 4.26. The zero-order valence-corrected chi connectivity index (χ0v) is 9.59. The lowest BCUT2D eigenvalue weighted by atomic mass is 10.2. The number of nitrogens with zero attached hydrogens (tertiary/aromatic N) is 3. The van der Waals surface area contributed by atoms with Crippen molar-refractivity contribution in [3.05, 3.63) is 54.1 Å². The molecule has 0 unspecified atom stereocenters. The molecule has 0 bridgehead atoms. The Bertz CT molecular complexity index is 632. The van der Waals surface area contributed by atoms with Crippen LogP contribution in [0.15, 0.2) is 52.8 Å². The lowest BCUT2D eigenvalue weighted by Crippen LogP contribution is -2.24. The van der Waals surface area contributed by atoms with Crippen molar-refractivity contribution >= 4 is 17.5 Å². The van der Waals surface area contributed by atoms with Crippen LogP contribution in [0.2, 0.25) is 0 Å². The van der Waals surface area contributed by atoms with E-state index in [0.717, 1.165) is 11.5 Å². The monoisotopic (exact) mass is 237 g/mol. The van der Waals surface area contributed by atoms with E-state index >= 15 is 0 Å². The van der Waals surface area contributed by atoms with Gasteiger partial charge in [-0.15, -0.1) is 0 Å². The molecule has 0 spiro atoms. The highest BCUT2D eigenvalue weighted by molar-refractivity contribution is 6.02. The number of H-pyrrole nitrogens is 1. The van der Waals surface area contributed by atoms with E-state index in [1.165, 1.54) is 11.8 Å². The number of hydrogen-bond donors (Lipinski definition) is 2. The SMILES string of the molecule is C1=CN=C(NCc2ccccc2)c2[nH]cnc2N=1. The summed E-state index contributed by atoms with van der Waals surface area (Å²) in [5, 5.41) is 3.27. The number of aromatic amines is 1. The van der Waals surface area contributed by atoms with Crippen LogP contribution in [-0.2, 0) is 6.54 Å². The number of imidazole rings is 1. The normalized spacial score (nSPS) is 12.8.